The smallest absolute Gasteiger partial charge is 0.224 e. The summed E-state index contributed by atoms with van der Waals surface area (Å²) in [6.45, 7) is 8.61. The van der Waals surface area contributed by atoms with Crippen LogP contribution >= 0.6 is 0 Å². The van der Waals surface area contributed by atoms with E-state index in [-0.39, 0.29) is 11.8 Å². The number of aryl methyl sites for hydroxylation is 3. The zero-order chi connectivity index (χ0) is 15.4. The number of hydrogen-bond acceptors (Lipinski definition) is 4. The number of amides is 1. The zero-order valence-electron chi connectivity index (χ0n) is 12.9. The molecule has 6 heteroatoms. The van der Waals surface area contributed by atoms with Crippen LogP contribution in [-0.2, 0) is 11.2 Å². The van der Waals surface area contributed by atoms with Crippen molar-refractivity contribution in [2.75, 3.05) is 6.54 Å². The molecule has 0 fully saturated rings. The summed E-state index contributed by atoms with van der Waals surface area (Å²) in [5, 5.41) is 16.7. The molecule has 0 spiro atoms. The van der Waals surface area contributed by atoms with Gasteiger partial charge in [0.2, 0.25) is 5.91 Å². The van der Waals surface area contributed by atoms with E-state index < -0.39 is 0 Å². The minimum absolute atomic E-state index is 0.0143. The molecule has 0 aliphatic carbocycles. The molecule has 112 valence electrons. The highest BCUT2D eigenvalue weighted by Crippen LogP contribution is 2.17. The minimum atomic E-state index is 0.0143. The van der Waals surface area contributed by atoms with Gasteiger partial charge in [-0.15, -0.1) is 10.2 Å². The first-order chi connectivity index (χ1) is 9.97. The number of nitrogens with zero attached hydrogens (tertiary/aromatic N) is 3. The molecule has 1 amide bonds. The van der Waals surface area contributed by atoms with E-state index in [1.807, 2.05) is 20.8 Å². The summed E-state index contributed by atoms with van der Waals surface area (Å²) >= 11 is 0. The van der Waals surface area contributed by atoms with Crippen LogP contribution < -0.4 is 5.32 Å². The molecule has 2 rings (SSSR count). The molecule has 2 N–H and O–H groups in total. The van der Waals surface area contributed by atoms with Gasteiger partial charge in [-0.05, 0) is 37.5 Å². The summed E-state index contributed by atoms with van der Waals surface area (Å²) in [4.78, 5) is 12.1. The molecule has 0 saturated heterocycles. The lowest BCUT2D eigenvalue weighted by Crippen LogP contribution is -2.29. The van der Waals surface area contributed by atoms with Crippen molar-refractivity contribution in [2.24, 2.45) is 0 Å². The number of carbonyl (C=O) groups is 1. The van der Waals surface area contributed by atoms with Crippen molar-refractivity contribution in [1.29, 1.82) is 0 Å². The third kappa shape index (κ3) is 3.87. The second-order valence-corrected chi connectivity index (χ2v) is 5.53. The maximum absolute atomic E-state index is 12.1. The van der Waals surface area contributed by atoms with Crippen molar-refractivity contribution in [3.63, 3.8) is 0 Å². The third-order valence-corrected chi connectivity index (χ3v) is 3.59. The first-order valence-electron chi connectivity index (χ1n) is 7.04. The highest BCUT2D eigenvalue weighted by molar-refractivity contribution is 5.79. The van der Waals surface area contributed by atoms with Gasteiger partial charge < -0.3 is 5.32 Å². The molecular formula is C15H21N5O. The second-order valence-electron chi connectivity index (χ2n) is 5.53. The Morgan fingerprint density at radius 1 is 1.29 bits per heavy atom. The number of nitrogens with one attached hydrogen (secondary N) is 2. The monoisotopic (exact) mass is 287 g/mol. The van der Waals surface area contributed by atoms with Crippen molar-refractivity contribution in [2.45, 2.75) is 40.0 Å². The summed E-state index contributed by atoms with van der Waals surface area (Å²) in [6, 6.07) is 4.22. The van der Waals surface area contributed by atoms with Gasteiger partial charge in [-0.25, -0.2) is 0 Å². The van der Waals surface area contributed by atoms with E-state index in [0.29, 0.717) is 18.8 Å². The SMILES string of the molecule is Cc1cc(C)c(CC(=O)NC[C@H](C)c2nn[nH]n2)c(C)c1. The second kappa shape index (κ2) is 6.47. The maximum Gasteiger partial charge on any atom is 0.224 e. The van der Waals surface area contributed by atoms with Gasteiger partial charge in [0.05, 0.1) is 6.42 Å². The summed E-state index contributed by atoms with van der Waals surface area (Å²) < 4.78 is 0. The standard InChI is InChI=1S/C15H21N5O/c1-9-5-10(2)13(11(3)6-9)7-14(21)16-8-12(4)15-17-19-20-18-15/h5-6,12H,7-8H2,1-4H3,(H,16,21)(H,17,18,19,20)/t12-/m0/s1. The van der Waals surface area contributed by atoms with Crippen molar-refractivity contribution < 1.29 is 4.79 Å². The molecule has 0 saturated carbocycles. The fraction of sp³-hybridized carbons (Fsp3) is 0.467. The number of tetrazole rings is 1. The van der Waals surface area contributed by atoms with Crippen LogP contribution in [0.3, 0.4) is 0 Å². The van der Waals surface area contributed by atoms with Gasteiger partial charge in [0.15, 0.2) is 5.82 Å². The van der Waals surface area contributed by atoms with Crippen molar-refractivity contribution in [1.82, 2.24) is 25.9 Å². The highest BCUT2D eigenvalue weighted by Gasteiger charge is 2.13. The Morgan fingerprint density at radius 2 is 1.95 bits per heavy atom. The van der Waals surface area contributed by atoms with Gasteiger partial charge in [-0.2, -0.15) is 5.21 Å². The van der Waals surface area contributed by atoms with Crippen LogP contribution in [0.2, 0.25) is 0 Å². The van der Waals surface area contributed by atoms with Crippen molar-refractivity contribution in [3.05, 3.63) is 40.2 Å². The number of carbonyl (C=O) groups excluding carboxylic acids is 1. The lowest BCUT2D eigenvalue weighted by atomic mass is 9.97. The van der Waals surface area contributed by atoms with E-state index in [1.165, 1.54) is 5.56 Å². The molecule has 0 unspecified atom stereocenters. The summed E-state index contributed by atoms with van der Waals surface area (Å²) in [5.74, 6) is 0.659. The topological polar surface area (TPSA) is 83.6 Å². The Labute approximate surface area is 124 Å². The Kier molecular flexibility index (Phi) is 4.67. The van der Waals surface area contributed by atoms with Gasteiger partial charge in [0, 0.05) is 12.5 Å². The third-order valence-electron chi connectivity index (χ3n) is 3.59. The number of benzene rings is 1. The molecule has 1 heterocycles. The largest absolute Gasteiger partial charge is 0.355 e. The summed E-state index contributed by atoms with van der Waals surface area (Å²) in [6.07, 6.45) is 0.400. The predicted octanol–water partition coefficient (Wildman–Crippen LogP) is 1.59. The van der Waals surface area contributed by atoms with Crippen LogP contribution in [0, 0.1) is 20.8 Å². The van der Waals surface area contributed by atoms with Crippen LogP contribution in [-0.4, -0.2) is 33.1 Å². The minimum Gasteiger partial charge on any atom is -0.355 e. The molecule has 1 aromatic carbocycles. The van der Waals surface area contributed by atoms with Crippen LogP contribution in [0.4, 0.5) is 0 Å². The summed E-state index contributed by atoms with van der Waals surface area (Å²) in [5.41, 5.74) is 4.65. The number of H-pyrrole nitrogens is 1. The van der Waals surface area contributed by atoms with Crippen molar-refractivity contribution >= 4 is 5.91 Å². The zero-order valence-corrected chi connectivity index (χ0v) is 12.9. The van der Waals surface area contributed by atoms with E-state index in [2.05, 4.69) is 45.0 Å². The van der Waals surface area contributed by atoms with E-state index in [1.54, 1.807) is 0 Å². The van der Waals surface area contributed by atoms with E-state index in [0.717, 1.165) is 16.7 Å². The lowest BCUT2D eigenvalue weighted by Gasteiger charge is -2.13. The van der Waals surface area contributed by atoms with Crippen LogP contribution in [0.25, 0.3) is 0 Å². The fourth-order valence-electron chi connectivity index (χ4n) is 2.45. The van der Waals surface area contributed by atoms with Crippen molar-refractivity contribution in [3.8, 4) is 0 Å². The molecule has 0 radical (unpaired) electrons. The molecule has 21 heavy (non-hydrogen) atoms. The molecule has 6 nitrogen and oxygen atoms in total. The van der Waals surface area contributed by atoms with Gasteiger partial charge >= 0.3 is 0 Å². The average molecular weight is 287 g/mol. The maximum atomic E-state index is 12.1. The molecule has 0 aliphatic heterocycles. The fourth-order valence-corrected chi connectivity index (χ4v) is 2.45. The molecular weight excluding hydrogens is 266 g/mol. The van der Waals surface area contributed by atoms with Crippen LogP contribution in [0.1, 0.15) is 40.9 Å². The van der Waals surface area contributed by atoms with Gasteiger partial charge in [-0.3, -0.25) is 4.79 Å². The Balaban J connectivity index is 1.93. The highest BCUT2D eigenvalue weighted by atomic mass is 16.1. The molecule has 1 aromatic heterocycles. The van der Waals surface area contributed by atoms with E-state index in [9.17, 15) is 4.79 Å². The average Bonchev–Trinajstić information content (AvgIpc) is 2.94. The van der Waals surface area contributed by atoms with Crippen LogP contribution in [0.15, 0.2) is 12.1 Å². The number of rotatable bonds is 5. The summed E-state index contributed by atoms with van der Waals surface area (Å²) in [7, 11) is 0. The first-order valence-corrected chi connectivity index (χ1v) is 7.04. The molecule has 2 aromatic rings. The van der Waals surface area contributed by atoms with Gasteiger partial charge in [-0.1, -0.05) is 29.8 Å². The van der Waals surface area contributed by atoms with Gasteiger partial charge in [0.25, 0.3) is 0 Å². The first kappa shape index (κ1) is 15.2. The molecule has 0 aliphatic rings. The quantitative estimate of drug-likeness (QED) is 0.874. The Bertz CT molecular complexity index is 598. The van der Waals surface area contributed by atoms with Gasteiger partial charge in [0.1, 0.15) is 0 Å². The Hall–Kier alpha value is -2.24. The number of aromatic amines is 1. The Morgan fingerprint density at radius 3 is 2.52 bits per heavy atom. The molecule has 0 bridgehead atoms. The molecule has 1 atom stereocenters. The van der Waals surface area contributed by atoms with E-state index >= 15 is 0 Å². The normalized spacial score (nSPS) is 12.2. The number of hydrogen-bond donors (Lipinski definition) is 2. The number of aromatic nitrogens is 4. The predicted molar refractivity (Wildman–Crippen MR) is 80.0 cm³/mol. The lowest BCUT2D eigenvalue weighted by molar-refractivity contribution is -0.120. The van der Waals surface area contributed by atoms with Crippen LogP contribution in [0.5, 0.6) is 0 Å². The van der Waals surface area contributed by atoms with E-state index in [4.69, 9.17) is 0 Å².